The first kappa shape index (κ1) is 84.4. The minimum Gasteiger partial charge on any atom is -0.392 e. The Labute approximate surface area is 640 Å². The number of amides is 9. The Bertz CT molecular complexity index is 4090. The molecule has 6 heterocycles. The van der Waals surface area contributed by atoms with Crippen molar-refractivity contribution in [3.8, 4) is 0 Å². The number of nitrogens with zero attached hydrogens (tertiary/aromatic N) is 3. The van der Waals surface area contributed by atoms with Crippen LogP contribution in [-0.2, 0) is 117 Å². The molecule has 29 heteroatoms. The van der Waals surface area contributed by atoms with Gasteiger partial charge in [0.15, 0.2) is 5.78 Å². The Kier molecular flexibility index (Phi) is 30.5. The average Bonchev–Trinajstić information content (AvgIpc) is 1.60. The Hall–Kier alpha value is -9.65. The van der Waals surface area contributed by atoms with Crippen molar-refractivity contribution >= 4 is 81.4 Å². The van der Waals surface area contributed by atoms with Gasteiger partial charge in [-0.15, -0.1) is 0 Å². The van der Waals surface area contributed by atoms with Gasteiger partial charge in [-0.2, -0.15) is 0 Å². The third-order valence-electron chi connectivity index (χ3n) is 20.9. The van der Waals surface area contributed by atoms with Crippen molar-refractivity contribution in [1.29, 1.82) is 0 Å². The van der Waals surface area contributed by atoms with Crippen LogP contribution >= 0.6 is 0 Å². The van der Waals surface area contributed by atoms with Crippen molar-refractivity contribution in [2.45, 2.75) is 191 Å². The first-order chi connectivity index (χ1) is 52.5. The number of H-pyrrole nitrogens is 1. The molecule has 10 rings (SSSR count). The molecule has 4 aromatic carbocycles. The summed E-state index contributed by atoms with van der Waals surface area (Å²) in [5.41, 5.74) is 3.50. The number of aliphatic hydroxyl groups is 2. The highest BCUT2D eigenvalue weighted by atomic mass is 19.1. The third-order valence-corrected chi connectivity index (χ3v) is 20.9. The number of ether oxygens (including phenoxy) is 3. The van der Waals surface area contributed by atoms with Crippen LogP contribution in [0.25, 0.3) is 10.9 Å². The van der Waals surface area contributed by atoms with Crippen molar-refractivity contribution < 1.29 is 90.8 Å². The van der Waals surface area contributed by atoms with E-state index in [1.807, 2.05) is 45.4 Å². The van der Waals surface area contributed by atoms with Crippen molar-refractivity contribution in [3.63, 3.8) is 0 Å². The summed E-state index contributed by atoms with van der Waals surface area (Å²) in [4.78, 5) is 180. The smallest absolute Gasteiger partial charge is 0.246 e. The number of carbonyl (C=O) groups is 12. The number of nitrogens with one attached hydrogen (secondary N) is 8. The number of likely N-dealkylation sites (N-methyl/N-ethyl adjacent to an activating group) is 1. The SMILES string of the molecule is C[C@H]1NC(=O)[C@H](CCC(=O)CCOCCOCC[N+](C)(C)C)NC(=O)CCC(=O)CCc2ccc(cc2)CCNC(=O)[C@]2(C)CCCN2C(=O)[C@H](Cc2ccc(CO)cc2)NC(=O)[C@H]([C@@H](C)O)NC(=O)C[C@@H]2[C@@H]3CCN2C(=O)[C@H](Cc2c[nH]c4ccc(F)cc24)CC(=O)[C@H](Cc2cccc(c2)CNC(=O)CO3)NC1=O. The van der Waals surface area contributed by atoms with E-state index in [0.29, 0.717) is 71.2 Å². The van der Waals surface area contributed by atoms with Gasteiger partial charge in [0.25, 0.3) is 0 Å². The van der Waals surface area contributed by atoms with Crippen LogP contribution in [0, 0.1) is 11.7 Å². The molecule has 0 unspecified atom stereocenters. The first-order valence-corrected chi connectivity index (χ1v) is 38.1. The number of fused-ring (bicyclic) bond motifs is 27. The number of ketones is 3. The summed E-state index contributed by atoms with van der Waals surface area (Å²) in [5.74, 6) is -9.62. The lowest BCUT2D eigenvalue weighted by molar-refractivity contribution is -0.870. The molecule has 9 amide bonds. The highest BCUT2D eigenvalue weighted by Gasteiger charge is 2.49. The molecule has 10 N–H and O–H groups in total. The van der Waals surface area contributed by atoms with E-state index in [9.17, 15) is 53.4 Å². The summed E-state index contributed by atoms with van der Waals surface area (Å²) in [6.07, 6.45) is -2.04. The zero-order valence-electron chi connectivity index (χ0n) is 63.8. The molecule has 594 valence electrons. The van der Waals surface area contributed by atoms with Gasteiger partial charge in [-0.25, -0.2) is 4.39 Å². The molecule has 0 spiro atoms. The lowest BCUT2D eigenvalue weighted by Gasteiger charge is -2.37. The van der Waals surface area contributed by atoms with Crippen molar-refractivity contribution in [1.82, 2.24) is 52.0 Å². The summed E-state index contributed by atoms with van der Waals surface area (Å²) < 4.78 is 33.5. The molecule has 5 aromatic rings. The zero-order chi connectivity index (χ0) is 79.2. The van der Waals surface area contributed by atoms with E-state index in [4.69, 9.17) is 14.2 Å². The van der Waals surface area contributed by atoms with Gasteiger partial charge in [-0.3, -0.25) is 57.5 Å². The van der Waals surface area contributed by atoms with Crippen LogP contribution in [0.2, 0.25) is 0 Å². The number of Topliss-reactive ketones (excluding diaryl/α,β-unsaturated/α-hetero) is 3. The normalized spacial score (nSPS) is 24.4. The third kappa shape index (κ3) is 24.4. The van der Waals surface area contributed by atoms with E-state index < -0.39 is 144 Å². The van der Waals surface area contributed by atoms with Crippen LogP contribution in [0.4, 0.5) is 4.39 Å². The summed E-state index contributed by atoms with van der Waals surface area (Å²) in [7, 11) is 6.14. The standard InChI is InChI=1S/C81H106FN11O17/c1-50-75(102)88-66-41-56-9-7-10-57(39-56)46-85-73(101)49-110-70-28-33-91(78(105)58(43-69(66)98)42-59-47-84-64-24-20-60(82)44-63(59)64)68(70)45-72(100)90-74(51(2)95)77(104)89-67(40-54-15-17-55(48-94)18-16-54)79(106)92-32-8-30-81(92,3)80(107)83-31-27-53-13-11-52(12-14-53)19-21-61(96)23-26-71(99)87-65(76(103)86-50)25-22-62(97)29-35-108-37-38-109-36-34-93(4,5)6/h7,9-18,20,24,39,44,47,50-51,58,65-68,70,74,84,94-95H,8,19,21-23,25-38,40-43,45-46,48-49H2,1-6H3,(H6-,83,85,86,87,88,89,90,99,100,101,102,103,104,107)/p+1/t50-,51-,58-,65+,66+,67+,68-,70+,74+,81+/m1/s1. The molecule has 10 atom stereocenters. The lowest BCUT2D eigenvalue weighted by atomic mass is 9.88. The fraction of sp³-hybridized carbons (Fsp3) is 0.531. The Balaban J connectivity index is 1.03. The second-order valence-electron chi connectivity index (χ2n) is 30.5. The first-order valence-electron chi connectivity index (χ1n) is 38.1. The number of benzene rings is 4. The number of halogens is 1. The molecule has 5 aliphatic heterocycles. The van der Waals surface area contributed by atoms with Gasteiger partial charge in [-0.05, 0) is 129 Å². The molecule has 2 saturated heterocycles. The molecule has 110 heavy (non-hydrogen) atoms. The zero-order valence-corrected chi connectivity index (χ0v) is 63.8. The number of aryl methyl sites for hydroxylation is 1. The number of quaternary nitrogens is 1. The largest absolute Gasteiger partial charge is 0.392 e. The predicted molar refractivity (Wildman–Crippen MR) is 403 cm³/mol. The number of hydrogen-bond donors (Lipinski definition) is 10. The van der Waals surface area contributed by atoms with Crippen LogP contribution in [0.5, 0.6) is 0 Å². The number of aliphatic hydroxyl groups excluding tert-OH is 2. The number of aromatic nitrogens is 1. The van der Waals surface area contributed by atoms with Crippen LogP contribution < -0.4 is 37.2 Å². The van der Waals surface area contributed by atoms with Crippen molar-refractivity contribution in [2.75, 3.05) is 80.4 Å². The fourth-order valence-electron chi connectivity index (χ4n) is 14.3. The Morgan fingerprint density at radius 1 is 0.682 bits per heavy atom. The quantitative estimate of drug-likeness (QED) is 0.0342. The van der Waals surface area contributed by atoms with E-state index in [0.717, 1.165) is 22.2 Å². The molecule has 8 bridgehead atoms. The highest BCUT2D eigenvalue weighted by Crippen LogP contribution is 2.33. The number of hydrogen-bond acceptors (Lipinski definition) is 17. The van der Waals surface area contributed by atoms with Gasteiger partial charge in [0.05, 0.1) is 78.5 Å². The van der Waals surface area contributed by atoms with Crippen LogP contribution in [0.15, 0.2) is 97.2 Å². The van der Waals surface area contributed by atoms with E-state index in [2.05, 4.69) is 42.2 Å². The second-order valence-corrected chi connectivity index (χ2v) is 30.5. The Morgan fingerprint density at radius 3 is 2.12 bits per heavy atom. The van der Waals surface area contributed by atoms with Crippen LogP contribution in [-0.4, -0.2) is 234 Å². The average molecular weight is 1530 g/mol. The number of rotatable bonds is 18. The fourth-order valence-corrected chi connectivity index (χ4v) is 14.3. The molecule has 0 radical (unpaired) electrons. The topological polar surface area (TPSA) is 379 Å². The summed E-state index contributed by atoms with van der Waals surface area (Å²) in [5, 5.41) is 41.1. The molecule has 1 aromatic heterocycles. The molecular formula is C81H107FN11O17+. The van der Waals surface area contributed by atoms with Crippen LogP contribution in [0.1, 0.15) is 130 Å². The van der Waals surface area contributed by atoms with Gasteiger partial charge in [0, 0.05) is 101 Å². The van der Waals surface area contributed by atoms with Crippen LogP contribution in [0.3, 0.4) is 0 Å². The van der Waals surface area contributed by atoms with E-state index in [1.54, 1.807) is 61.7 Å². The summed E-state index contributed by atoms with van der Waals surface area (Å²) in [6.45, 7) is 5.63. The molecule has 0 saturated carbocycles. The molecule has 2 fully saturated rings. The molecule has 5 aliphatic rings. The van der Waals surface area contributed by atoms with E-state index in [-0.39, 0.29) is 128 Å². The Morgan fingerprint density at radius 2 is 1.39 bits per heavy atom. The summed E-state index contributed by atoms with van der Waals surface area (Å²) in [6, 6.07) is 16.5. The number of carbonyl (C=O) groups excluding carboxylic acids is 12. The van der Waals surface area contributed by atoms with Crippen molar-refractivity contribution in [3.05, 3.63) is 142 Å². The number of aromatic amines is 1. The van der Waals surface area contributed by atoms with Gasteiger partial charge in [0.2, 0.25) is 53.2 Å². The predicted octanol–water partition coefficient (Wildman–Crippen LogP) is 2.75. The maximum absolute atomic E-state index is 15.8. The lowest BCUT2D eigenvalue weighted by Crippen LogP contribution is -2.62. The minimum atomic E-state index is -1.74. The van der Waals surface area contributed by atoms with Gasteiger partial charge < -0.3 is 80.9 Å². The monoisotopic (exact) mass is 1520 g/mol. The van der Waals surface area contributed by atoms with Gasteiger partial charge >= 0.3 is 0 Å². The van der Waals surface area contributed by atoms with Gasteiger partial charge in [0.1, 0.15) is 60.2 Å². The van der Waals surface area contributed by atoms with Crippen molar-refractivity contribution in [2.24, 2.45) is 5.92 Å². The maximum atomic E-state index is 15.8. The molecular weight excluding hydrogens is 1420 g/mol. The maximum Gasteiger partial charge on any atom is 0.246 e. The summed E-state index contributed by atoms with van der Waals surface area (Å²) >= 11 is 0. The molecule has 28 nitrogen and oxygen atoms in total. The molecule has 0 aliphatic carbocycles. The second kappa shape index (κ2) is 39.8. The minimum absolute atomic E-state index is 0.0126. The van der Waals surface area contributed by atoms with E-state index >= 15 is 18.8 Å². The van der Waals surface area contributed by atoms with E-state index in [1.165, 1.54) is 41.8 Å². The van der Waals surface area contributed by atoms with Gasteiger partial charge in [-0.1, -0.05) is 72.8 Å². The highest BCUT2D eigenvalue weighted by molar-refractivity contribution is 5.99.